The van der Waals surface area contributed by atoms with Crippen LogP contribution in [0.2, 0.25) is 0 Å². The minimum atomic E-state index is -0.266. The molecule has 132 valence electrons. The topological polar surface area (TPSA) is 57.2 Å². The number of carbonyl (C=O) groups is 1. The summed E-state index contributed by atoms with van der Waals surface area (Å²) in [7, 11) is 2.08. The largest absolute Gasteiger partial charge is 0.454 e. The zero-order valence-electron chi connectivity index (χ0n) is 14.3. The van der Waals surface area contributed by atoms with Gasteiger partial charge in [0.1, 0.15) is 0 Å². The lowest BCUT2D eigenvalue weighted by Crippen LogP contribution is -2.27. The molecule has 3 aliphatic heterocycles. The number of ketones is 1. The molecule has 0 N–H and O–H groups in total. The fraction of sp³-hybridized carbons (Fsp3) is 0.350. The quantitative estimate of drug-likeness (QED) is 0.727. The normalized spacial score (nSPS) is 24.9. The Hall–Kier alpha value is -2.73. The van der Waals surface area contributed by atoms with Gasteiger partial charge in [0.2, 0.25) is 13.6 Å². The molecule has 2 aromatic rings. The van der Waals surface area contributed by atoms with Crippen LogP contribution in [0.25, 0.3) is 0 Å². The molecule has 0 radical (unpaired) electrons. The van der Waals surface area contributed by atoms with Crippen LogP contribution in [0.15, 0.2) is 24.3 Å². The van der Waals surface area contributed by atoms with E-state index < -0.39 is 0 Å². The second kappa shape index (κ2) is 4.92. The number of ether oxygens (including phenoxy) is 4. The molecule has 3 heterocycles. The summed E-state index contributed by atoms with van der Waals surface area (Å²) in [5.41, 5.74) is 3.89. The van der Waals surface area contributed by atoms with Gasteiger partial charge in [-0.1, -0.05) is 6.07 Å². The molecule has 0 fully saturated rings. The third-order valence-corrected chi connectivity index (χ3v) is 5.91. The first-order chi connectivity index (χ1) is 12.7. The molecule has 2 unspecified atom stereocenters. The molecule has 0 saturated carbocycles. The van der Waals surface area contributed by atoms with E-state index in [-0.39, 0.29) is 31.3 Å². The van der Waals surface area contributed by atoms with Gasteiger partial charge in [-0.2, -0.15) is 0 Å². The number of carbonyl (C=O) groups excluding carboxylic acids is 1. The number of hydrogen-bond donors (Lipinski definition) is 0. The zero-order chi connectivity index (χ0) is 17.4. The van der Waals surface area contributed by atoms with Gasteiger partial charge >= 0.3 is 0 Å². The summed E-state index contributed by atoms with van der Waals surface area (Å²) < 4.78 is 22.2. The maximum Gasteiger partial charge on any atom is 0.231 e. The number of Topliss-reactive ketones (excluding diaryl/α,β-unsaturated/α-hetero) is 1. The van der Waals surface area contributed by atoms with Crippen molar-refractivity contribution >= 4 is 5.78 Å². The van der Waals surface area contributed by atoms with Gasteiger partial charge in [-0.05, 0) is 48.4 Å². The van der Waals surface area contributed by atoms with Crippen molar-refractivity contribution in [1.82, 2.24) is 4.90 Å². The van der Waals surface area contributed by atoms with Crippen LogP contribution in [0, 0.1) is 0 Å². The van der Waals surface area contributed by atoms with Crippen molar-refractivity contribution in [2.24, 2.45) is 0 Å². The number of benzene rings is 2. The minimum absolute atomic E-state index is 0.00591. The molecule has 4 aliphatic rings. The van der Waals surface area contributed by atoms with Crippen molar-refractivity contribution in [3.8, 4) is 23.0 Å². The number of nitrogens with zero attached hydrogens (tertiary/aromatic N) is 1. The molecule has 0 bridgehead atoms. The maximum atomic E-state index is 13.5. The first-order valence-electron chi connectivity index (χ1n) is 8.82. The van der Waals surface area contributed by atoms with E-state index in [0.29, 0.717) is 17.1 Å². The molecular weight excluding hydrogens is 334 g/mol. The predicted octanol–water partition coefficient (Wildman–Crippen LogP) is 2.65. The molecule has 6 rings (SSSR count). The highest BCUT2D eigenvalue weighted by Crippen LogP contribution is 2.54. The maximum absolute atomic E-state index is 13.5. The van der Waals surface area contributed by atoms with E-state index in [9.17, 15) is 4.79 Å². The summed E-state index contributed by atoms with van der Waals surface area (Å²) in [6, 6.07) is 7.95. The van der Waals surface area contributed by atoms with Gasteiger partial charge < -0.3 is 18.9 Å². The van der Waals surface area contributed by atoms with Crippen molar-refractivity contribution in [3.63, 3.8) is 0 Å². The zero-order valence-corrected chi connectivity index (χ0v) is 14.3. The lowest BCUT2D eigenvalue weighted by atomic mass is 9.88. The van der Waals surface area contributed by atoms with E-state index in [1.807, 2.05) is 24.3 Å². The smallest absolute Gasteiger partial charge is 0.231 e. The SMILES string of the molecule is CN1CCc2cc3c(cc2C2C(=O)c4c(ccc5c4OCO5)C21)OCO3. The Morgan fingerprint density at radius 3 is 2.62 bits per heavy atom. The average molecular weight is 351 g/mol. The summed E-state index contributed by atoms with van der Waals surface area (Å²) >= 11 is 0. The van der Waals surface area contributed by atoms with Gasteiger partial charge in [0.05, 0.1) is 11.5 Å². The van der Waals surface area contributed by atoms with E-state index >= 15 is 0 Å². The number of rotatable bonds is 0. The summed E-state index contributed by atoms with van der Waals surface area (Å²) in [5.74, 6) is 2.57. The summed E-state index contributed by atoms with van der Waals surface area (Å²) in [5, 5.41) is 0. The second-order valence-corrected chi connectivity index (χ2v) is 7.19. The first-order valence-corrected chi connectivity index (χ1v) is 8.82. The van der Waals surface area contributed by atoms with E-state index in [0.717, 1.165) is 41.2 Å². The third kappa shape index (κ3) is 1.72. The van der Waals surface area contributed by atoms with Crippen LogP contribution >= 0.6 is 0 Å². The van der Waals surface area contributed by atoms with E-state index in [1.165, 1.54) is 0 Å². The number of likely N-dealkylation sites (N-methyl/N-ethyl adjacent to an activating group) is 1. The first kappa shape index (κ1) is 14.4. The van der Waals surface area contributed by atoms with Crippen molar-refractivity contribution in [2.45, 2.75) is 18.4 Å². The summed E-state index contributed by atoms with van der Waals surface area (Å²) in [6.45, 7) is 1.27. The Morgan fingerprint density at radius 2 is 1.73 bits per heavy atom. The molecule has 0 spiro atoms. The van der Waals surface area contributed by atoms with Crippen LogP contribution in [-0.2, 0) is 6.42 Å². The van der Waals surface area contributed by atoms with Gasteiger partial charge in [0.25, 0.3) is 0 Å². The third-order valence-electron chi connectivity index (χ3n) is 5.91. The van der Waals surface area contributed by atoms with Gasteiger partial charge in [0, 0.05) is 12.6 Å². The molecule has 0 amide bonds. The van der Waals surface area contributed by atoms with Crippen molar-refractivity contribution in [3.05, 3.63) is 46.5 Å². The van der Waals surface area contributed by atoms with Gasteiger partial charge in [-0.15, -0.1) is 0 Å². The molecular formula is C20H17NO5. The van der Waals surface area contributed by atoms with E-state index in [1.54, 1.807) is 0 Å². The van der Waals surface area contributed by atoms with Gasteiger partial charge in [-0.3, -0.25) is 9.69 Å². The van der Waals surface area contributed by atoms with Crippen LogP contribution in [-0.4, -0.2) is 37.9 Å². The van der Waals surface area contributed by atoms with E-state index in [2.05, 4.69) is 11.9 Å². The molecule has 0 saturated heterocycles. The Bertz CT molecular complexity index is 969. The Labute approximate surface area is 150 Å². The van der Waals surface area contributed by atoms with Crippen molar-refractivity contribution < 1.29 is 23.7 Å². The highest BCUT2D eigenvalue weighted by Gasteiger charge is 2.48. The molecule has 6 nitrogen and oxygen atoms in total. The molecule has 2 aromatic carbocycles. The average Bonchev–Trinajstić information content (AvgIpc) is 3.33. The number of fused-ring (bicyclic) bond motifs is 8. The fourth-order valence-electron chi connectivity index (χ4n) is 4.71. The molecule has 6 heteroatoms. The molecule has 1 aliphatic carbocycles. The Balaban J connectivity index is 1.58. The predicted molar refractivity (Wildman–Crippen MR) is 91.3 cm³/mol. The van der Waals surface area contributed by atoms with Crippen molar-refractivity contribution in [1.29, 1.82) is 0 Å². The molecule has 0 aromatic heterocycles. The Kier molecular flexibility index (Phi) is 2.73. The van der Waals surface area contributed by atoms with Crippen LogP contribution in [0.4, 0.5) is 0 Å². The number of hydrogen-bond acceptors (Lipinski definition) is 6. The highest BCUT2D eigenvalue weighted by molar-refractivity contribution is 6.09. The fourth-order valence-corrected chi connectivity index (χ4v) is 4.71. The van der Waals surface area contributed by atoms with E-state index in [4.69, 9.17) is 18.9 Å². The van der Waals surface area contributed by atoms with Crippen LogP contribution in [0.1, 0.15) is 39.0 Å². The minimum Gasteiger partial charge on any atom is -0.454 e. The summed E-state index contributed by atoms with van der Waals surface area (Å²) in [4.78, 5) is 15.8. The van der Waals surface area contributed by atoms with Gasteiger partial charge in [0.15, 0.2) is 28.8 Å². The monoisotopic (exact) mass is 351 g/mol. The lowest BCUT2D eigenvalue weighted by Gasteiger charge is -2.27. The Morgan fingerprint density at radius 1 is 0.962 bits per heavy atom. The van der Waals surface area contributed by atoms with Crippen LogP contribution < -0.4 is 18.9 Å². The standard InChI is InChI=1S/C20H17NO5/c1-21-5-4-10-6-14-15(25-8-24-14)7-12(10)16-18(21)11-2-3-13-20(26-9-23-13)17(11)19(16)22/h2-3,6-7,16,18H,4-5,8-9H2,1H3. The second-order valence-electron chi connectivity index (χ2n) is 7.19. The van der Waals surface area contributed by atoms with Crippen LogP contribution in [0.3, 0.4) is 0 Å². The lowest BCUT2D eigenvalue weighted by molar-refractivity contribution is 0.0929. The van der Waals surface area contributed by atoms with Crippen LogP contribution in [0.5, 0.6) is 23.0 Å². The molecule has 2 atom stereocenters. The van der Waals surface area contributed by atoms with Crippen molar-refractivity contribution in [2.75, 3.05) is 27.2 Å². The molecule has 26 heavy (non-hydrogen) atoms. The summed E-state index contributed by atoms with van der Waals surface area (Å²) in [6.07, 6.45) is 0.878. The van der Waals surface area contributed by atoms with Gasteiger partial charge in [-0.25, -0.2) is 0 Å². The highest BCUT2D eigenvalue weighted by atomic mass is 16.7.